The maximum absolute atomic E-state index is 6.44. The van der Waals surface area contributed by atoms with Crippen molar-refractivity contribution in [3.8, 4) is 0 Å². The van der Waals surface area contributed by atoms with Gasteiger partial charge in [0.2, 0.25) is 0 Å². The monoisotopic (exact) mass is 331 g/mol. The van der Waals surface area contributed by atoms with Crippen LogP contribution in [-0.2, 0) is 11.3 Å². The Balaban J connectivity index is 1.69. The number of hydrogen-bond acceptors (Lipinski definition) is 4. The molecule has 0 bridgehead atoms. The predicted octanol–water partition coefficient (Wildman–Crippen LogP) is 2.90. The first-order valence-electron chi connectivity index (χ1n) is 8.01. The van der Waals surface area contributed by atoms with Crippen LogP contribution in [0.3, 0.4) is 0 Å². The van der Waals surface area contributed by atoms with Gasteiger partial charge in [0, 0.05) is 43.4 Å². The van der Waals surface area contributed by atoms with Gasteiger partial charge in [0.1, 0.15) is 0 Å². The molecule has 23 heavy (non-hydrogen) atoms. The van der Waals surface area contributed by atoms with Gasteiger partial charge in [-0.25, -0.2) is 0 Å². The summed E-state index contributed by atoms with van der Waals surface area (Å²) in [5.74, 6) is 0. The Kier molecular flexibility index (Phi) is 6.00. The molecular weight excluding hydrogens is 310 g/mol. The van der Waals surface area contributed by atoms with Gasteiger partial charge in [-0.1, -0.05) is 35.9 Å². The fourth-order valence-corrected chi connectivity index (χ4v) is 3.17. The first-order chi connectivity index (χ1) is 11.3. The lowest BCUT2D eigenvalue weighted by Crippen LogP contribution is -2.42. The minimum absolute atomic E-state index is 0.247. The molecule has 1 aliphatic heterocycles. The minimum Gasteiger partial charge on any atom is -0.379 e. The van der Waals surface area contributed by atoms with Gasteiger partial charge in [-0.05, 0) is 23.8 Å². The third kappa shape index (κ3) is 4.52. The molecule has 1 aromatic carbocycles. The van der Waals surface area contributed by atoms with Crippen molar-refractivity contribution in [2.45, 2.75) is 12.6 Å². The summed E-state index contributed by atoms with van der Waals surface area (Å²) >= 11 is 6.44. The highest BCUT2D eigenvalue weighted by Gasteiger charge is 2.23. The highest BCUT2D eigenvalue weighted by Crippen LogP contribution is 2.27. The molecule has 1 aliphatic rings. The zero-order chi connectivity index (χ0) is 15.9. The number of benzene rings is 1. The van der Waals surface area contributed by atoms with Crippen molar-refractivity contribution in [1.29, 1.82) is 0 Å². The highest BCUT2D eigenvalue weighted by atomic mass is 35.5. The Morgan fingerprint density at radius 3 is 2.65 bits per heavy atom. The van der Waals surface area contributed by atoms with Crippen LogP contribution in [0.4, 0.5) is 0 Å². The quantitative estimate of drug-likeness (QED) is 0.883. The Morgan fingerprint density at radius 1 is 1.13 bits per heavy atom. The number of rotatable bonds is 6. The number of nitrogens with zero attached hydrogens (tertiary/aromatic N) is 2. The Bertz CT molecular complexity index is 602. The summed E-state index contributed by atoms with van der Waals surface area (Å²) in [6.45, 7) is 5.01. The molecule has 5 heteroatoms. The van der Waals surface area contributed by atoms with Gasteiger partial charge in [0.05, 0.1) is 18.9 Å². The second kappa shape index (κ2) is 8.41. The van der Waals surface area contributed by atoms with E-state index >= 15 is 0 Å². The second-order valence-electron chi connectivity index (χ2n) is 5.64. The molecule has 2 heterocycles. The van der Waals surface area contributed by atoms with Gasteiger partial charge in [0.15, 0.2) is 0 Å². The molecule has 1 aromatic heterocycles. The first-order valence-corrected chi connectivity index (χ1v) is 8.39. The number of aromatic nitrogens is 1. The lowest BCUT2D eigenvalue weighted by Gasteiger charge is -2.35. The molecule has 0 aliphatic carbocycles. The fourth-order valence-electron chi connectivity index (χ4n) is 2.91. The zero-order valence-corrected chi connectivity index (χ0v) is 13.9. The van der Waals surface area contributed by atoms with E-state index in [-0.39, 0.29) is 6.04 Å². The normalized spacial score (nSPS) is 17.1. The van der Waals surface area contributed by atoms with Crippen molar-refractivity contribution < 1.29 is 4.74 Å². The van der Waals surface area contributed by atoms with Crippen LogP contribution in [-0.4, -0.2) is 42.7 Å². The third-order valence-electron chi connectivity index (χ3n) is 4.12. The van der Waals surface area contributed by atoms with Crippen LogP contribution in [0.25, 0.3) is 0 Å². The number of hydrogen-bond donors (Lipinski definition) is 1. The van der Waals surface area contributed by atoms with Crippen LogP contribution in [0.2, 0.25) is 5.02 Å². The molecule has 3 rings (SSSR count). The maximum Gasteiger partial charge on any atom is 0.0594 e. The van der Waals surface area contributed by atoms with Gasteiger partial charge in [-0.3, -0.25) is 9.88 Å². The molecule has 1 N–H and O–H groups in total. The van der Waals surface area contributed by atoms with Gasteiger partial charge >= 0.3 is 0 Å². The Morgan fingerprint density at radius 2 is 1.91 bits per heavy atom. The number of morpholine rings is 1. The van der Waals surface area contributed by atoms with E-state index in [9.17, 15) is 0 Å². The van der Waals surface area contributed by atoms with Crippen LogP contribution in [0, 0.1) is 0 Å². The van der Waals surface area contributed by atoms with Crippen molar-refractivity contribution >= 4 is 11.6 Å². The maximum atomic E-state index is 6.44. The number of nitrogens with one attached hydrogen (secondary N) is 1. The zero-order valence-electron chi connectivity index (χ0n) is 13.1. The highest BCUT2D eigenvalue weighted by molar-refractivity contribution is 6.31. The van der Waals surface area contributed by atoms with Crippen LogP contribution >= 0.6 is 11.6 Å². The van der Waals surface area contributed by atoms with Gasteiger partial charge in [-0.15, -0.1) is 0 Å². The topological polar surface area (TPSA) is 37.4 Å². The fraction of sp³-hybridized carbons (Fsp3) is 0.389. The lowest BCUT2D eigenvalue weighted by atomic mass is 10.0. The summed E-state index contributed by atoms with van der Waals surface area (Å²) in [5, 5.41) is 4.34. The van der Waals surface area contributed by atoms with Crippen molar-refractivity contribution in [2.24, 2.45) is 0 Å². The number of pyridine rings is 1. The van der Waals surface area contributed by atoms with E-state index in [1.807, 2.05) is 42.6 Å². The number of halogens is 1. The Hall–Kier alpha value is -1.46. The molecule has 1 atom stereocenters. The molecular formula is C18H22ClN3O. The molecule has 0 spiro atoms. The van der Waals surface area contributed by atoms with Gasteiger partial charge < -0.3 is 10.1 Å². The summed E-state index contributed by atoms with van der Waals surface area (Å²) in [7, 11) is 0. The first kappa shape index (κ1) is 16.4. The summed E-state index contributed by atoms with van der Waals surface area (Å²) in [5.41, 5.74) is 2.22. The summed E-state index contributed by atoms with van der Waals surface area (Å²) in [6, 6.07) is 14.3. The average molecular weight is 332 g/mol. The molecule has 4 nitrogen and oxygen atoms in total. The summed E-state index contributed by atoms with van der Waals surface area (Å²) in [4.78, 5) is 6.80. The van der Waals surface area contributed by atoms with E-state index in [1.165, 1.54) is 5.56 Å². The molecule has 1 fully saturated rings. The smallest absolute Gasteiger partial charge is 0.0594 e. The van der Waals surface area contributed by atoms with E-state index in [4.69, 9.17) is 16.3 Å². The predicted molar refractivity (Wildman–Crippen MR) is 92.5 cm³/mol. The Labute approximate surface area is 142 Å². The van der Waals surface area contributed by atoms with Gasteiger partial charge in [-0.2, -0.15) is 0 Å². The van der Waals surface area contributed by atoms with Crippen molar-refractivity contribution in [2.75, 3.05) is 32.8 Å². The van der Waals surface area contributed by atoms with Crippen LogP contribution < -0.4 is 5.32 Å². The largest absolute Gasteiger partial charge is 0.379 e. The van der Waals surface area contributed by atoms with E-state index in [2.05, 4.69) is 21.3 Å². The van der Waals surface area contributed by atoms with Crippen molar-refractivity contribution in [1.82, 2.24) is 15.2 Å². The second-order valence-corrected chi connectivity index (χ2v) is 6.04. The van der Waals surface area contributed by atoms with Crippen LogP contribution in [0.15, 0.2) is 48.7 Å². The van der Waals surface area contributed by atoms with E-state index in [0.29, 0.717) is 0 Å². The summed E-state index contributed by atoms with van der Waals surface area (Å²) < 4.78 is 5.48. The molecule has 1 saturated heterocycles. The van der Waals surface area contributed by atoms with Crippen molar-refractivity contribution in [3.63, 3.8) is 0 Å². The molecule has 122 valence electrons. The summed E-state index contributed by atoms with van der Waals surface area (Å²) in [6.07, 6.45) is 1.82. The SMILES string of the molecule is Clc1ccccc1C(CNCc1ccccn1)N1CCOCC1. The van der Waals surface area contributed by atoms with E-state index < -0.39 is 0 Å². The molecule has 0 amide bonds. The minimum atomic E-state index is 0.247. The molecule has 2 aromatic rings. The molecule has 0 saturated carbocycles. The third-order valence-corrected chi connectivity index (χ3v) is 4.46. The van der Waals surface area contributed by atoms with Crippen molar-refractivity contribution in [3.05, 3.63) is 64.9 Å². The van der Waals surface area contributed by atoms with E-state index in [0.717, 1.165) is 50.1 Å². The average Bonchev–Trinajstić information content (AvgIpc) is 2.61. The molecule has 1 unspecified atom stereocenters. The standard InChI is InChI=1S/C18H22ClN3O/c19-17-7-2-1-6-16(17)18(22-9-11-23-12-10-22)14-20-13-15-5-3-4-8-21-15/h1-8,18,20H,9-14H2. The molecule has 0 radical (unpaired) electrons. The lowest BCUT2D eigenvalue weighted by molar-refractivity contribution is 0.0161. The van der Waals surface area contributed by atoms with Crippen LogP contribution in [0.1, 0.15) is 17.3 Å². The van der Waals surface area contributed by atoms with Crippen LogP contribution in [0.5, 0.6) is 0 Å². The van der Waals surface area contributed by atoms with E-state index in [1.54, 1.807) is 0 Å². The number of ether oxygens (including phenoxy) is 1. The van der Waals surface area contributed by atoms with Gasteiger partial charge in [0.25, 0.3) is 0 Å².